The molecule has 0 aliphatic heterocycles. The summed E-state index contributed by atoms with van der Waals surface area (Å²) in [6.45, 7) is 3.91. The van der Waals surface area contributed by atoms with Crippen molar-refractivity contribution < 1.29 is 9.53 Å². The van der Waals surface area contributed by atoms with Crippen LogP contribution >= 0.6 is 11.6 Å². The van der Waals surface area contributed by atoms with Gasteiger partial charge >= 0.3 is 0 Å². The molecule has 4 heteroatoms. The summed E-state index contributed by atoms with van der Waals surface area (Å²) < 4.78 is 5.59. The zero-order valence-electron chi connectivity index (χ0n) is 11.4. The van der Waals surface area contributed by atoms with Crippen molar-refractivity contribution in [1.82, 2.24) is 0 Å². The highest BCUT2D eigenvalue weighted by Crippen LogP contribution is 2.19. The van der Waals surface area contributed by atoms with Gasteiger partial charge in [-0.15, -0.1) is 0 Å². The second-order valence-electron chi connectivity index (χ2n) is 4.66. The number of rotatable bonds is 4. The summed E-state index contributed by atoms with van der Waals surface area (Å²) >= 11 is 5.87. The lowest BCUT2D eigenvalue weighted by atomic mass is 10.2. The number of benzene rings is 2. The van der Waals surface area contributed by atoms with E-state index in [4.69, 9.17) is 16.3 Å². The number of carbonyl (C=O) groups is 1. The molecule has 1 N–H and O–H groups in total. The summed E-state index contributed by atoms with van der Waals surface area (Å²) in [5.74, 6) is 0.526. The molecule has 0 fully saturated rings. The summed E-state index contributed by atoms with van der Waals surface area (Å²) in [7, 11) is 0. The number of nitrogens with one attached hydrogen (secondary N) is 1. The van der Waals surface area contributed by atoms with Crippen LogP contribution in [0.4, 0.5) is 5.69 Å². The van der Waals surface area contributed by atoms with Gasteiger partial charge in [0.25, 0.3) is 5.91 Å². The average Bonchev–Trinajstić information content (AvgIpc) is 2.38. The predicted molar refractivity (Wildman–Crippen MR) is 81.6 cm³/mol. The van der Waals surface area contributed by atoms with Gasteiger partial charge < -0.3 is 10.1 Å². The second kappa shape index (κ2) is 6.44. The van der Waals surface area contributed by atoms with Gasteiger partial charge in [0.1, 0.15) is 5.75 Å². The van der Waals surface area contributed by atoms with Crippen LogP contribution < -0.4 is 10.1 Å². The van der Waals surface area contributed by atoms with Crippen LogP contribution in [0.15, 0.2) is 48.5 Å². The quantitative estimate of drug-likeness (QED) is 0.907. The van der Waals surface area contributed by atoms with Crippen molar-refractivity contribution in [2.75, 3.05) is 5.32 Å². The summed E-state index contributed by atoms with van der Waals surface area (Å²) in [4.78, 5) is 12.1. The SMILES string of the molecule is CC(C)Oc1cccc(NC(=O)c2cccc(Cl)c2)c1. The lowest BCUT2D eigenvalue weighted by Crippen LogP contribution is -2.12. The predicted octanol–water partition coefficient (Wildman–Crippen LogP) is 4.38. The van der Waals surface area contributed by atoms with Gasteiger partial charge in [-0.1, -0.05) is 23.7 Å². The minimum atomic E-state index is -0.200. The molecule has 0 unspecified atom stereocenters. The third-order valence-corrected chi connectivity index (χ3v) is 2.79. The number of anilines is 1. The summed E-state index contributed by atoms with van der Waals surface area (Å²) in [5, 5.41) is 3.36. The van der Waals surface area contributed by atoms with Gasteiger partial charge in [0.05, 0.1) is 6.10 Å². The number of hydrogen-bond acceptors (Lipinski definition) is 2. The second-order valence-corrected chi connectivity index (χ2v) is 5.10. The van der Waals surface area contributed by atoms with E-state index in [1.165, 1.54) is 0 Å². The van der Waals surface area contributed by atoms with Gasteiger partial charge in [0.15, 0.2) is 0 Å². The Morgan fingerprint density at radius 3 is 2.60 bits per heavy atom. The van der Waals surface area contributed by atoms with Crippen LogP contribution in [0.5, 0.6) is 5.75 Å². The fraction of sp³-hybridized carbons (Fsp3) is 0.188. The zero-order chi connectivity index (χ0) is 14.5. The van der Waals surface area contributed by atoms with Crippen molar-refractivity contribution >= 4 is 23.2 Å². The molecule has 0 saturated heterocycles. The van der Waals surface area contributed by atoms with E-state index in [1.54, 1.807) is 30.3 Å². The Balaban J connectivity index is 2.11. The summed E-state index contributed by atoms with van der Waals surface area (Å²) in [6.07, 6.45) is 0.0916. The maximum Gasteiger partial charge on any atom is 0.255 e. The van der Waals surface area contributed by atoms with Gasteiger partial charge in [0, 0.05) is 22.3 Å². The number of halogens is 1. The number of hydrogen-bond donors (Lipinski definition) is 1. The molecule has 0 saturated carbocycles. The first-order valence-electron chi connectivity index (χ1n) is 6.38. The molecule has 3 nitrogen and oxygen atoms in total. The Bertz CT molecular complexity index is 611. The van der Waals surface area contributed by atoms with Crippen molar-refractivity contribution in [3.05, 3.63) is 59.1 Å². The fourth-order valence-electron chi connectivity index (χ4n) is 1.75. The normalized spacial score (nSPS) is 10.4. The maximum atomic E-state index is 12.1. The lowest BCUT2D eigenvalue weighted by molar-refractivity contribution is 0.102. The number of amides is 1. The highest BCUT2D eigenvalue weighted by Gasteiger charge is 2.07. The standard InChI is InChI=1S/C16H16ClNO2/c1-11(2)20-15-8-4-7-14(10-15)18-16(19)12-5-3-6-13(17)9-12/h3-11H,1-2H3,(H,18,19). The van der Waals surface area contributed by atoms with Crippen LogP contribution in [-0.4, -0.2) is 12.0 Å². The van der Waals surface area contributed by atoms with Crippen molar-refractivity contribution in [1.29, 1.82) is 0 Å². The Hall–Kier alpha value is -2.00. The fourth-order valence-corrected chi connectivity index (χ4v) is 1.94. The molecule has 0 aromatic heterocycles. The Morgan fingerprint density at radius 2 is 1.90 bits per heavy atom. The van der Waals surface area contributed by atoms with Crippen LogP contribution in [0.1, 0.15) is 24.2 Å². The number of ether oxygens (including phenoxy) is 1. The average molecular weight is 290 g/mol. The van der Waals surface area contributed by atoms with E-state index < -0.39 is 0 Å². The molecule has 2 aromatic rings. The van der Waals surface area contributed by atoms with Crippen LogP contribution in [0.3, 0.4) is 0 Å². The van der Waals surface area contributed by atoms with E-state index in [2.05, 4.69) is 5.32 Å². The van der Waals surface area contributed by atoms with E-state index in [-0.39, 0.29) is 12.0 Å². The molecule has 104 valence electrons. The highest BCUT2D eigenvalue weighted by atomic mass is 35.5. The highest BCUT2D eigenvalue weighted by molar-refractivity contribution is 6.31. The van der Waals surface area contributed by atoms with Gasteiger partial charge in [-0.3, -0.25) is 4.79 Å². The van der Waals surface area contributed by atoms with Crippen LogP contribution in [0.2, 0.25) is 5.02 Å². The van der Waals surface area contributed by atoms with E-state index >= 15 is 0 Å². The van der Waals surface area contributed by atoms with Crippen molar-refractivity contribution in [2.45, 2.75) is 20.0 Å². The lowest BCUT2D eigenvalue weighted by Gasteiger charge is -2.11. The van der Waals surface area contributed by atoms with Crippen LogP contribution in [-0.2, 0) is 0 Å². The third kappa shape index (κ3) is 4.00. The molecule has 2 aromatic carbocycles. The van der Waals surface area contributed by atoms with E-state index in [0.717, 1.165) is 5.75 Å². The van der Waals surface area contributed by atoms with E-state index in [0.29, 0.717) is 16.3 Å². The van der Waals surface area contributed by atoms with Gasteiger partial charge in [-0.25, -0.2) is 0 Å². The molecule has 0 spiro atoms. The summed E-state index contributed by atoms with van der Waals surface area (Å²) in [5.41, 5.74) is 1.21. The van der Waals surface area contributed by atoms with E-state index in [1.807, 2.05) is 32.0 Å². The molecule has 1 amide bonds. The van der Waals surface area contributed by atoms with Crippen molar-refractivity contribution in [2.24, 2.45) is 0 Å². The first-order chi connectivity index (χ1) is 9.54. The Kier molecular flexibility index (Phi) is 4.64. The van der Waals surface area contributed by atoms with Crippen molar-refractivity contribution in [3.63, 3.8) is 0 Å². The van der Waals surface area contributed by atoms with Gasteiger partial charge in [-0.05, 0) is 44.2 Å². The number of carbonyl (C=O) groups excluding carboxylic acids is 1. The Labute approximate surface area is 123 Å². The third-order valence-electron chi connectivity index (χ3n) is 2.55. The first-order valence-corrected chi connectivity index (χ1v) is 6.76. The van der Waals surface area contributed by atoms with Crippen LogP contribution in [0, 0.1) is 0 Å². The van der Waals surface area contributed by atoms with E-state index in [9.17, 15) is 4.79 Å². The molecule has 20 heavy (non-hydrogen) atoms. The molecule has 0 heterocycles. The minimum absolute atomic E-state index is 0.0916. The zero-order valence-corrected chi connectivity index (χ0v) is 12.1. The molecule has 0 radical (unpaired) electrons. The minimum Gasteiger partial charge on any atom is -0.491 e. The maximum absolute atomic E-state index is 12.1. The largest absolute Gasteiger partial charge is 0.491 e. The first kappa shape index (κ1) is 14.4. The molecule has 2 rings (SSSR count). The smallest absolute Gasteiger partial charge is 0.255 e. The molecular formula is C16H16ClNO2. The molecule has 0 aliphatic rings. The topological polar surface area (TPSA) is 38.3 Å². The van der Waals surface area contributed by atoms with Crippen molar-refractivity contribution in [3.8, 4) is 5.75 Å². The molecule has 0 atom stereocenters. The monoisotopic (exact) mass is 289 g/mol. The molecular weight excluding hydrogens is 274 g/mol. The molecule has 0 bridgehead atoms. The van der Waals surface area contributed by atoms with Gasteiger partial charge in [-0.2, -0.15) is 0 Å². The van der Waals surface area contributed by atoms with Gasteiger partial charge in [0.2, 0.25) is 0 Å². The Morgan fingerprint density at radius 1 is 1.15 bits per heavy atom. The van der Waals surface area contributed by atoms with Crippen LogP contribution in [0.25, 0.3) is 0 Å². The molecule has 0 aliphatic carbocycles. The summed E-state index contributed by atoms with van der Waals surface area (Å²) in [6, 6.07) is 14.1.